The Morgan fingerprint density at radius 3 is 2.90 bits per heavy atom. The summed E-state index contributed by atoms with van der Waals surface area (Å²) in [5, 5.41) is 0.509. The lowest BCUT2D eigenvalue weighted by molar-refractivity contribution is 0.318. The molecule has 0 aliphatic carbocycles. The van der Waals surface area contributed by atoms with E-state index in [1.54, 1.807) is 30.9 Å². The second-order valence-corrected chi connectivity index (χ2v) is 8.18. The van der Waals surface area contributed by atoms with Crippen LogP contribution in [0.3, 0.4) is 0 Å². The number of anilines is 1. The maximum atomic E-state index is 14.8. The minimum Gasteiger partial charge on any atom is -0.349 e. The highest BCUT2D eigenvalue weighted by Crippen LogP contribution is 2.44. The van der Waals surface area contributed by atoms with Gasteiger partial charge in [-0.15, -0.1) is 0 Å². The Kier molecular flexibility index (Phi) is 4.17. The third-order valence-corrected chi connectivity index (χ3v) is 6.09. The average molecular weight is 433 g/mol. The summed E-state index contributed by atoms with van der Waals surface area (Å²) in [5.41, 5.74) is 4.29. The van der Waals surface area contributed by atoms with E-state index in [1.807, 2.05) is 40.1 Å². The number of rotatable bonds is 3. The molecule has 1 saturated heterocycles. The van der Waals surface area contributed by atoms with E-state index >= 15 is 0 Å². The average Bonchev–Trinajstić information content (AvgIpc) is 3.52. The van der Waals surface area contributed by atoms with Gasteiger partial charge in [-0.3, -0.25) is 9.55 Å². The first kappa shape index (κ1) is 18.3. The van der Waals surface area contributed by atoms with Crippen molar-refractivity contribution in [3.63, 3.8) is 0 Å². The highest BCUT2D eigenvalue weighted by atomic mass is 35.5. The molecule has 8 heteroatoms. The summed E-state index contributed by atoms with van der Waals surface area (Å²) in [6, 6.07) is 10.7. The summed E-state index contributed by atoms with van der Waals surface area (Å²) in [5.74, 6) is 0.404. The van der Waals surface area contributed by atoms with Gasteiger partial charge in [-0.05, 0) is 48.7 Å². The van der Waals surface area contributed by atoms with Crippen LogP contribution in [0.2, 0.25) is 5.02 Å². The number of halogens is 2. The number of imidazole rings is 1. The van der Waals surface area contributed by atoms with Crippen molar-refractivity contribution in [2.75, 3.05) is 11.4 Å². The first-order valence-electron chi connectivity index (χ1n) is 10.1. The fourth-order valence-corrected chi connectivity index (χ4v) is 4.61. The molecule has 6 rings (SSSR count). The summed E-state index contributed by atoms with van der Waals surface area (Å²) < 4.78 is 16.6. The number of aromatic nitrogens is 4. The molecular formula is C23H18ClFN6. The van der Waals surface area contributed by atoms with Gasteiger partial charge in [0, 0.05) is 35.9 Å². The Labute approximate surface area is 183 Å². The molecular weight excluding hydrogens is 415 g/mol. The van der Waals surface area contributed by atoms with Gasteiger partial charge < -0.3 is 9.80 Å². The van der Waals surface area contributed by atoms with Crippen LogP contribution in [0.15, 0.2) is 73.2 Å². The van der Waals surface area contributed by atoms with Crippen molar-refractivity contribution in [2.24, 2.45) is 0 Å². The van der Waals surface area contributed by atoms with Gasteiger partial charge in [-0.1, -0.05) is 17.7 Å². The van der Waals surface area contributed by atoms with E-state index in [0.29, 0.717) is 16.5 Å². The summed E-state index contributed by atoms with van der Waals surface area (Å²) in [6.07, 6.45) is 10.9. The van der Waals surface area contributed by atoms with Crippen LogP contribution in [0.5, 0.6) is 0 Å². The summed E-state index contributed by atoms with van der Waals surface area (Å²) in [7, 11) is 0. The van der Waals surface area contributed by atoms with Crippen LogP contribution < -0.4 is 4.90 Å². The normalized spacial score (nSPS) is 18.0. The monoisotopic (exact) mass is 432 g/mol. The molecule has 1 unspecified atom stereocenters. The highest BCUT2D eigenvalue weighted by Gasteiger charge is 2.37. The quantitative estimate of drug-likeness (QED) is 0.452. The molecule has 0 N–H and O–H groups in total. The standard InChI is InChI=1S/C23H18ClFN6/c24-16-4-5-18(25)21(11-16)31-13-17-2-1-8-30(17)23(31)15-3-6-19-20(10-15)28-22(12-27-19)29-9-7-26-14-29/h3-7,9-14,23H,1-2,8H2. The minimum absolute atomic E-state index is 0.159. The molecule has 1 atom stereocenters. The topological polar surface area (TPSA) is 50.1 Å². The molecule has 4 aromatic rings. The van der Waals surface area contributed by atoms with Crippen molar-refractivity contribution in [1.82, 2.24) is 24.4 Å². The number of benzene rings is 2. The van der Waals surface area contributed by atoms with Gasteiger partial charge in [0.25, 0.3) is 0 Å². The second-order valence-electron chi connectivity index (χ2n) is 7.74. The van der Waals surface area contributed by atoms with Crippen LogP contribution in [0, 0.1) is 5.82 Å². The predicted octanol–water partition coefficient (Wildman–Crippen LogP) is 5.06. The maximum absolute atomic E-state index is 14.8. The Hall–Kier alpha value is -3.45. The van der Waals surface area contributed by atoms with E-state index in [4.69, 9.17) is 16.6 Å². The van der Waals surface area contributed by atoms with Crippen molar-refractivity contribution in [3.05, 3.63) is 89.6 Å². The maximum Gasteiger partial charge on any atom is 0.157 e. The van der Waals surface area contributed by atoms with E-state index in [-0.39, 0.29) is 12.0 Å². The van der Waals surface area contributed by atoms with Crippen LogP contribution in [0.1, 0.15) is 24.6 Å². The first-order valence-corrected chi connectivity index (χ1v) is 10.5. The Balaban J connectivity index is 1.47. The van der Waals surface area contributed by atoms with Crippen molar-refractivity contribution in [2.45, 2.75) is 19.0 Å². The fraction of sp³-hybridized carbons (Fsp3) is 0.174. The van der Waals surface area contributed by atoms with Gasteiger partial charge in [-0.25, -0.2) is 14.4 Å². The van der Waals surface area contributed by atoms with Crippen LogP contribution in [0.25, 0.3) is 16.9 Å². The Bertz CT molecular complexity index is 1320. The smallest absolute Gasteiger partial charge is 0.157 e. The second kappa shape index (κ2) is 7.06. The molecule has 4 heterocycles. The third-order valence-electron chi connectivity index (χ3n) is 5.85. The van der Waals surface area contributed by atoms with Crippen molar-refractivity contribution in [3.8, 4) is 5.82 Å². The molecule has 2 aromatic heterocycles. The highest BCUT2D eigenvalue weighted by molar-refractivity contribution is 6.30. The lowest BCUT2D eigenvalue weighted by Gasteiger charge is -2.32. The fourth-order valence-electron chi connectivity index (χ4n) is 4.44. The third kappa shape index (κ3) is 3.04. The van der Waals surface area contributed by atoms with Crippen LogP contribution in [-0.4, -0.2) is 31.0 Å². The van der Waals surface area contributed by atoms with Crippen molar-refractivity contribution >= 4 is 28.3 Å². The molecule has 0 radical (unpaired) electrons. The number of hydrogen-bond donors (Lipinski definition) is 0. The Morgan fingerprint density at radius 1 is 1.10 bits per heavy atom. The van der Waals surface area contributed by atoms with Gasteiger partial charge in [0.1, 0.15) is 18.3 Å². The number of hydrogen-bond acceptors (Lipinski definition) is 5. The van der Waals surface area contributed by atoms with Crippen LogP contribution >= 0.6 is 11.6 Å². The van der Waals surface area contributed by atoms with Gasteiger partial charge in [0.2, 0.25) is 0 Å². The lowest BCUT2D eigenvalue weighted by atomic mass is 10.1. The molecule has 0 bridgehead atoms. The zero-order valence-electron chi connectivity index (χ0n) is 16.5. The molecule has 0 spiro atoms. The molecule has 154 valence electrons. The van der Waals surface area contributed by atoms with Crippen molar-refractivity contribution < 1.29 is 4.39 Å². The molecule has 0 saturated carbocycles. The van der Waals surface area contributed by atoms with Gasteiger partial charge in [0.15, 0.2) is 5.82 Å². The van der Waals surface area contributed by atoms with E-state index in [1.165, 1.54) is 11.8 Å². The van der Waals surface area contributed by atoms with Gasteiger partial charge in [-0.2, -0.15) is 0 Å². The number of nitrogens with zero attached hydrogens (tertiary/aromatic N) is 6. The minimum atomic E-state index is -0.296. The lowest BCUT2D eigenvalue weighted by Crippen LogP contribution is -2.31. The van der Waals surface area contributed by atoms with Crippen molar-refractivity contribution in [1.29, 1.82) is 0 Å². The summed E-state index contributed by atoms with van der Waals surface area (Å²) in [6.45, 7) is 0.925. The van der Waals surface area contributed by atoms with Crippen LogP contribution in [0.4, 0.5) is 10.1 Å². The van der Waals surface area contributed by atoms with E-state index < -0.39 is 0 Å². The van der Waals surface area contributed by atoms with Crippen LogP contribution in [-0.2, 0) is 0 Å². The summed E-state index contributed by atoms with van der Waals surface area (Å²) >= 11 is 6.20. The SMILES string of the molecule is Fc1ccc(Cl)cc1N1C=C2CCCN2C1c1ccc2ncc(-n3ccnc3)nc2c1. The number of allylic oxidation sites excluding steroid dienone is 1. The molecule has 2 aliphatic rings. The molecule has 2 aromatic carbocycles. The van der Waals surface area contributed by atoms with E-state index in [9.17, 15) is 4.39 Å². The van der Waals surface area contributed by atoms with Gasteiger partial charge in [0.05, 0.1) is 22.9 Å². The molecule has 31 heavy (non-hydrogen) atoms. The predicted molar refractivity (Wildman–Crippen MR) is 117 cm³/mol. The van der Waals surface area contributed by atoms with Gasteiger partial charge >= 0.3 is 0 Å². The molecule has 6 nitrogen and oxygen atoms in total. The molecule has 1 fully saturated rings. The summed E-state index contributed by atoms with van der Waals surface area (Å²) in [4.78, 5) is 17.7. The molecule has 2 aliphatic heterocycles. The number of fused-ring (bicyclic) bond motifs is 2. The zero-order valence-corrected chi connectivity index (χ0v) is 17.2. The Morgan fingerprint density at radius 2 is 2.03 bits per heavy atom. The van der Waals surface area contributed by atoms with E-state index in [2.05, 4.69) is 14.9 Å². The zero-order chi connectivity index (χ0) is 20.9. The first-order chi connectivity index (χ1) is 15.2. The van der Waals surface area contributed by atoms with E-state index in [0.717, 1.165) is 36.0 Å². The largest absolute Gasteiger partial charge is 0.349 e. The molecule has 0 amide bonds.